The van der Waals surface area contributed by atoms with Crippen molar-refractivity contribution in [3.63, 3.8) is 0 Å². The van der Waals surface area contributed by atoms with Crippen LogP contribution in [0.5, 0.6) is 0 Å². The van der Waals surface area contributed by atoms with Crippen molar-refractivity contribution in [2.24, 2.45) is 5.41 Å². The highest BCUT2D eigenvalue weighted by atomic mass is 79.9. The fourth-order valence-electron chi connectivity index (χ4n) is 2.25. The molecule has 1 fully saturated rings. The maximum atomic E-state index is 3.52. The molecule has 0 unspecified atom stereocenters. The van der Waals surface area contributed by atoms with Crippen molar-refractivity contribution in [2.45, 2.75) is 12.8 Å². The van der Waals surface area contributed by atoms with E-state index in [0.29, 0.717) is 5.41 Å². The Morgan fingerprint density at radius 2 is 2.19 bits per heavy atom. The lowest BCUT2D eigenvalue weighted by molar-refractivity contribution is 0.482. The molecule has 2 nitrogen and oxygen atoms in total. The molecule has 2 rings (SSSR count). The van der Waals surface area contributed by atoms with Gasteiger partial charge in [0.25, 0.3) is 0 Å². The second-order valence-electron chi connectivity index (χ2n) is 4.87. The molecule has 16 heavy (non-hydrogen) atoms. The molecule has 0 bridgehead atoms. The molecule has 88 valence electrons. The summed E-state index contributed by atoms with van der Waals surface area (Å²) in [6.45, 7) is 2.27. The first-order valence-corrected chi connectivity index (χ1v) is 6.56. The van der Waals surface area contributed by atoms with E-state index in [0.717, 1.165) is 17.6 Å². The molecular formula is C13H19BrN2. The minimum absolute atomic E-state index is 0.520. The minimum atomic E-state index is 0.520. The summed E-state index contributed by atoms with van der Waals surface area (Å²) in [4.78, 5) is 2.36. The average molecular weight is 283 g/mol. The van der Waals surface area contributed by atoms with Crippen molar-refractivity contribution >= 4 is 21.6 Å². The minimum Gasteiger partial charge on any atom is -0.374 e. The van der Waals surface area contributed by atoms with E-state index in [4.69, 9.17) is 0 Å². The SMILES string of the molecule is CNCC1(CN(C)c2cccc(Br)c2)CC1. The van der Waals surface area contributed by atoms with Crippen molar-refractivity contribution in [2.75, 3.05) is 32.1 Å². The number of hydrogen-bond donors (Lipinski definition) is 1. The Morgan fingerprint density at radius 1 is 1.44 bits per heavy atom. The van der Waals surface area contributed by atoms with E-state index >= 15 is 0 Å². The Kier molecular flexibility index (Phi) is 3.55. The fourth-order valence-corrected chi connectivity index (χ4v) is 2.64. The van der Waals surface area contributed by atoms with Gasteiger partial charge in [-0.1, -0.05) is 22.0 Å². The van der Waals surface area contributed by atoms with Gasteiger partial charge in [-0.2, -0.15) is 0 Å². The van der Waals surface area contributed by atoms with Crippen LogP contribution in [0.1, 0.15) is 12.8 Å². The Morgan fingerprint density at radius 3 is 2.75 bits per heavy atom. The highest BCUT2D eigenvalue weighted by Gasteiger charge is 2.42. The summed E-state index contributed by atoms with van der Waals surface area (Å²) in [5.74, 6) is 0. The number of benzene rings is 1. The molecule has 0 heterocycles. The second kappa shape index (κ2) is 4.76. The van der Waals surface area contributed by atoms with Gasteiger partial charge in [0.05, 0.1) is 0 Å². The molecule has 0 aliphatic heterocycles. The summed E-state index contributed by atoms with van der Waals surface area (Å²) in [6.07, 6.45) is 2.71. The second-order valence-corrected chi connectivity index (χ2v) is 5.78. The summed E-state index contributed by atoms with van der Waals surface area (Å²) >= 11 is 3.52. The average Bonchev–Trinajstić information content (AvgIpc) is 2.98. The normalized spacial score (nSPS) is 17.2. The number of nitrogens with zero attached hydrogens (tertiary/aromatic N) is 1. The summed E-state index contributed by atoms with van der Waals surface area (Å²) < 4.78 is 1.15. The third kappa shape index (κ3) is 2.77. The van der Waals surface area contributed by atoms with Crippen molar-refractivity contribution in [3.8, 4) is 0 Å². The molecule has 1 aromatic rings. The van der Waals surface area contributed by atoms with Gasteiger partial charge in [-0.05, 0) is 38.1 Å². The van der Waals surface area contributed by atoms with Gasteiger partial charge in [-0.25, -0.2) is 0 Å². The van der Waals surface area contributed by atoms with Gasteiger partial charge in [0, 0.05) is 35.7 Å². The fraction of sp³-hybridized carbons (Fsp3) is 0.538. The first-order valence-electron chi connectivity index (χ1n) is 5.77. The van der Waals surface area contributed by atoms with Crippen LogP contribution in [0.4, 0.5) is 5.69 Å². The maximum absolute atomic E-state index is 3.52. The zero-order chi connectivity index (χ0) is 11.6. The smallest absolute Gasteiger partial charge is 0.0375 e. The van der Waals surface area contributed by atoms with E-state index < -0.39 is 0 Å². The molecule has 1 N–H and O–H groups in total. The van der Waals surface area contributed by atoms with Crippen LogP contribution in [0.2, 0.25) is 0 Å². The highest BCUT2D eigenvalue weighted by Crippen LogP contribution is 2.45. The molecule has 1 aliphatic rings. The van der Waals surface area contributed by atoms with Gasteiger partial charge in [0.15, 0.2) is 0 Å². The Bertz CT molecular complexity index is 361. The van der Waals surface area contributed by atoms with Crippen LogP contribution in [0.15, 0.2) is 28.7 Å². The third-order valence-corrected chi connectivity index (χ3v) is 3.82. The predicted molar refractivity (Wildman–Crippen MR) is 73.0 cm³/mol. The lowest BCUT2D eigenvalue weighted by Gasteiger charge is -2.25. The van der Waals surface area contributed by atoms with Crippen molar-refractivity contribution in [1.82, 2.24) is 5.32 Å². The molecule has 0 aromatic heterocycles. The Hall–Kier alpha value is -0.540. The maximum Gasteiger partial charge on any atom is 0.0375 e. The standard InChI is InChI=1S/C13H19BrN2/c1-15-9-13(6-7-13)10-16(2)12-5-3-4-11(14)8-12/h3-5,8,15H,6-7,9-10H2,1-2H3. The predicted octanol–water partition coefficient (Wildman–Crippen LogP) is 2.88. The summed E-state index contributed by atoms with van der Waals surface area (Å²) in [5, 5.41) is 3.30. The van der Waals surface area contributed by atoms with Crippen LogP contribution in [0.3, 0.4) is 0 Å². The number of halogens is 1. The highest BCUT2D eigenvalue weighted by molar-refractivity contribution is 9.10. The lowest BCUT2D eigenvalue weighted by atomic mass is 10.1. The monoisotopic (exact) mass is 282 g/mol. The number of anilines is 1. The van der Waals surface area contributed by atoms with E-state index in [2.05, 4.69) is 57.5 Å². The Balaban J connectivity index is 2.00. The Labute approximate surface area is 106 Å². The summed E-state index contributed by atoms with van der Waals surface area (Å²) in [6, 6.07) is 8.50. The van der Waals surface area contributed by atoms with E-state index in [1.54, 1.807) is 0 Å². The third-order valence-electron chi connectivity index (χ3n) is 3.33. The van der Waals surface area contributed by atoms with Gasteiger partial charge in [0.2, 0.25) is 0 Å². The zero-order valence-corrected chi connectivity index (χ0v) is 11.5. The molecule has 0 saturated heterocycles. The first-order chi connectivity index (χ1) is 7.65. The molecular weight excluding hydrogens is 264 g/mol. The molecule has 0 radical (unpaired) electrons. The van der Waals surface area contributed by atoms with Crippen LogP contribution < -0.4 is 10.2 Å². The van der Waals surface area contributed by atoms with Crippen LogP contribution in [-0.4, -0.2) is 27.2 Å². The molecule has 3 heteroatoms. The van der Waals surface area contributed by atoms with Gasteiger partial charge in [-0.15, -0.1) is 0 Å². The van der Waals surface area contributed by atoms with Crippen LogP contribution in [0.25, 0.3) is 0 Å². The van der Waals surface area contributed by atoms with Crippen molar-refractivity contribution < 1.29 is 0 Å². The van der Waals surface area contributed by atoms with Gasteiger partial charge < -0.3 is 10.2 Å². The largest absolute Gasteiger partial charge is 0.374 e. The van der Waals surface area contributed by atoms with E-state index in [9.17, 15) is 0 Å². The van der Waals surface area contributed by atoms with E-state index in [-0.39, 0.29) is 0 Å². The number of nitrogens with one attached hydrogen (secondary N) is 1. The molecule has 1 saturated carbocycles. The quantitative estimate of drug-likeness (QED) is 0.894. The van der Waals surface area contributed by atoms with Gasteiger partial charge in [-0.3, -0.25) is 0 Å². The number of hydrogen-bond acceptors (Lipinski definition) is 2. The van der Waals surface area contributed by atoms with Crippen LogP contribution >= 0.6 is 15.9 Å². The summed E-state index contributed by atoms with van der Waals surface area (Å²) in [7, 11) is 4.22. The molecule has 1 aliphatic carbocycles. The number of rotatable bonds is 5. The van der Waals surface area contributed by atoms with Gasteiger partial charge >= 0.3 is 0 Å². The van der Waals surface area contributed by atoms with E-state index in [1.165, 1.54) is 18.5 Å². The first kappa shape index (κ1) is 11.9. The van der Waals surface area contributed by atoms with Crippen molar-refractivity contribution in [3.05, 3.63) is 28.7 Å². The van der Waals surface area contributed by atoms with Gasteiger partial charge in [0.1, 0.15) is 0 Å². The zero-order valence-electron chi connectivity index (χ0n) is 9.96. The summed E-state index contributed by atoms with van der Waals surface area (Å²) in [5.41, 5.74) is 1.81. The van der Waals surface area contributed by atoms with Crippen LogP contribution in [0, 0.1) is 5.41 Å². The molecule has 0 amide bonds. The topological polar surface area (TPSA) is 15.3 Å². The van der Waals surface area contributed by atoms with E-state index in [1.807, 2.05) is 7.05 Å². The van der Waals surface area contributed by atoms with Crippen LogP contribution in [-0.2, 0) is 0 Å². The van der Waals surface area contributed by atoms with Crippen molar-refractivity contribution in [1.29, 1.82) is 0 Å². The molecule has 0 spiro atoms. The lowest BCUT2D eigenvalue weighted by Crippen LogP contribution is -2.32. The molecule has 0 atom stereocenters. The molecule has 1 aromatic carbocycles.